The number of ether oxygens (including phenoxy) is 1. The highest BCUT2D eigenvalue weighted by Crippen LogP contribution is 2.37. The lowest BCUT2D eigenvalue weighted by Crippen LogP contribution is -2.30. The monoisotopic (exact) mass is 444 g/mol. The lowest BCUT2D eigenvalue weighted by atomic mass is 10.0. The van der Waals surface area contributed by atoms with Gasteiger partial charge in [-0.3, -0.25) is 4.99 Å². The summed E-state index contributed by atoms with van der Waals surface area (Å²) in [6, 6.07) is 19.7. The minimum Gasteiger partial charge on any atom is -0.457 e. The van der Waals surface area contributed by atoms with Crippen molar-refractivity contribution in [3.63, 3.8) is 0 Å². The molecule has 3 nitrogen and oxygen atoms in total. The van der Waals surface area contributed by atoms with Crippen molar-refractivity contribution in [3.8, 4) is 11.5 Å². The molecule has 1 unspecified atom stereocenters. The quantitative estimate of drug-likeness (QED) is 0.406. The number of nitrogens with zero attached hydrogens (tertiary/aromatic N) is 2. The standard InChI is InChI=1S/C24H20ClF3N2O/c1-2-23-29-15-22(16-4-3-5-17(14-16)24(26,27)28)30(23)19-8-12-21(13-9-19)31-20-10-6-18(25)7-11-20/h3-14,22H,2,15H2,1H3. The molecule has 0 saturated carbocycles. The number of alkyl halides is 3. The molecule has 1 aliphatic heterocycles. The van der Waals surface area contributed by atoms with E-state index in [1.54, 1.807) is 30.3 Å². The van der Waals surface area contributed by atoms with Gasteiger partial charge in [0, 0.05) is 17.1 Å². The van der Waals surface area contributed by atoms with Gasteiger partial charge in [-0.15, -0.1) is 0 Å². The molecule has 7 heteroatoms. The molecule has 3 aromatic carbocycles. The predicted molar refractivity (Wildman–Crippen MR) is 117 cm³/mol. The van der Waals surface area contributed by atoms with Crippen molar-refractivity contribution >= 4 is 23.1 Å². The Hall–Kier alpha value is -2.99. The Balaban J connectivity index is 1.60. The van der Waals surface area contributed by atoms with E-state index in [1.165, 1.54) is 12.1 Å². The van der Waals surface area contributed by atoms with Crippen LogP contribution in [0.3, 0.4) is 0 Å². The van der Waals surface area contributed by atoms with Crippen molar-refractivity contribution in [3.05, 3.63) is 88.9 Å². The normalized spacial score (nSPS) is 16.4. The van der Waals surface area contributed by atoms with Crippen molar-refractivity contribution in [2.75, 3.05) is 11.4 Å². The van der Waals surface area contributed by atoms with Crippen LogP contribution in [0.1, 0.15) is 30.5 Å². The summed E-state index contributed by atoms with van der Waals surface area (Å²) in [4.78, 5) is 6.58. The average Bonchev–Trinajstić information content (AvgIpc) is 3.20. The summed E-state index contributed by atoms with van der Waals surface area (Å²) in [7, 11) is 0. The first kappa shape index (κ1) is 21.2. The number of amidine groups is 1. The van der Waals surface area contributed by atoms with E-state index in [2.05, 4.69) is 4.99 Å². The van der Waals surface area contributed by atoms with Gasteiger partial charge in [0.2, 0.25) is 0 Å². The van der Waals surface area contributed by atoms with Crippen LogP contribution in [0.5, 0.6) is 11.5 Å². The highest BCUT2D eigenvalue weighted by molar-refractivity contribution is 6.30. The van der Waals surface area contributed by atoms with Crippen LogP contribution in [0, 0.1) is 0 Å². The maximum atomic E-state index is 13.2. The smallest absolute Gasteiger partial charge is 0.416 e. The summed E-state index contributed by atoms with van der Waals surface area (Å²) in [5.41, 5.74) is 0.786. The molecule has 0 amide bonds. The Labute approximate surface area is 183 Å². The Kier molecular flexibility index (Phi) is 5.92. The molecular formula is C24H20ClF3N2O. The van der Waals surface area contributed by atoms with E-state index in [-0.39, 0.29) is 6.04 Å². The minimum absolute atomic E-state index is 0.291. The average molecular weight is 445 g/mol. The Bertz CT molecular complexity index is 1080. The molecule has 0 saturated heterocycles. The van der Waals surface area contributed by atoms with Crippen LogP contribution in [0.4, 0.5) is 18.9 Å². The molecule has 1 aliphatic rings. The van der Waals surface area contributed by atoms with Gasteiger partial charge >= 0.3 is 6.18 Å². The van der Waals surface area contributed by atoms with Crippen molar-refractivity contribution in [1.29, 1.82) is 0 Å². The van der Waals surface area contributed by atoms with Crippen LogP contribution in [0.2, 0.25) is 5.02 Å². The molecule has 1 heterocycles. The number of benzene rings is 3. The van der Waals surface area contributed by atoms with Crippen LogP contribution < -0.4 is 9.64 Å². The molecule has 0 aliphatic carbocycles. The molecule has 160 valence electrons. The van der Waals surface area contributed by atoms with Crippen LogP contribution in [0.15, 0.2) is 77.8 Å². The number of aliphatic imine (C=N–C) groups is 1. The number of hydrogen-bond donors (Lipinski definition) is 0. The number of hydrogen-bond acceptors (Lipinski definition) is 3. The van der Waals surface area contributed by atoms with Gasteiger partial charge < -0.3 is 9.64 Å². The second-order valence-electron chi connectivity index (χ2n) is 7.17. The third-order valence-electron chi connectivity index (χ3n) is 5.12. The second-order valence-corrected chi connectivity index (χ2v) is 7.61. The molecular weight excluding hydrogens is 425 g/mol. The van der Waals surface area contributed by atoms with Crippen LogP contribution in [0.25, 0.3) is 0 Å². The molecule has 1 atom stereocenters. The van der Waals surface area contributed by atoms with Gasteiger partial charge in [0.25, 0.3) is 0 Å². The molecule has 0 N–H and O–H groups in total. The summed E-state index contributed by atoms with van der Waals surface area (Å²) in [6.45, 7) is 2.39. The highest BCUT2D eigenvalue weighted by atomic mass is 35.5. The Morgan fingerprint density at radius 1 is 1.00 bits per heavy atom. The Morgan fingerprint density at radius 2 is 1.65 bits per heavy atom. The van der Waals surface area contributed by atoms with E-state index >= 15 is 0 Å². The number of halogens is 4. The second kappa shape index (κ2) is 8.63. The molecule has 0 radical (unpaired) electrons. The van der Waals surface area contributed by atoms with E-state index < -0.39 is 11.7 Å². The SMILES string of the molecule is CCC1=NCC(c2cccc(C(F)(F)F)c2)N1c1ccc(Oc2ccc(Cl)cc2)cc1. The van der Waals surface area contributed by atoms with Gasteiger partial charge in [0.1, 0.15) is 17.3 Å². The predicted octanol–water partition coefficient (Wildman–Crippen LogP) is 7.52. The van der Waals surface area contributed by atoms with Crippen LogP contribution >= 0.6 is 11.6 Å². The fourth-order valence-corrected chi connectivity index (χ4v) is 3.76. The number of rotatable bonds is 5. The molecule has 0 fully saturated rings. The minimum atomic E-state index is -4.38. The topological polar surface area (TPSA) is 24.8 Å². The van der Waals surface area contributed by atoms with E-state index in [0.29, 0.717) is 35.1 Å². The van der Waals surface area contributed by atoms with E-state index in [9.17, 15) is 13.2 Å². The van der Waals surface area contributed by atoms with Gasteiger partial charge in [-0.1, -0.05) is 30.7 Å². The third kappa shape index (κ3) is 4.69. The molecule has 0 aromatic heterocycles. The van der Waals surface area contributed by atoms with E-state index in [4.69, 9.17) is 16.3 Å². The van der Waals surface area contributed by atoms with Crippen molar-refractivity contribution in [1.82, 2.24) is 0 Å². The summed E-state index contributed by atoms with van der Waals surface area (Å²) in [5.74, 6) is 2.15. The van der Waals surface area contributed by atoms with Crippen molar-refractivity contribution in [2.24, 2.45) is 4.99 Å². The van der Waals surface area contributed by atoms with Gasteiger partial charge in [0.05, 0.1) is 18.2 Å². The van der Waals surface area contributed by atoms with Crippen molar-refractivity contribution in [2.45, 2.75) is 25.6 Å². The maximum Gasteiger partial charge on any atom is 0.416 e. The number of anilines is 1. The zero-order valence-electron chi connectivity index (χ0n) is 16.7. The third-order valence-corrected chi connectivity index (χ3v) is 5.37. The van der Waals surface area contributed by atoms with Crippen LogP contribution in [-0.4, -0.2) is 12.4 Å². The summed E-state index contributed by atoms with van der Waals surface area (Å²) in [6.07, 6.45) is -3.70. The molecule has 0 bridgehead atoms. The summed E-state index contributed by atoms with van der Waals surface area (Å²) >= 11 is 5.90. The van der Waals surface area contributed by atoms with Gasteiger partial charge in [-0.2, -0.15) is 13.2 Å². The van der Waals surface area contributed by atoms with E-state index in [1.807, 2.05) is 36.1 Å². The Morgan fingerprint density at radius 3 is 2.26 bits per heavy atom. The van der Waals surface area contributed by atoms with E-state index in [0.717, 1.165) is 17.6 Å². The maximum absolute atomic E-state index is 13.2. The van der Waals surface area contributed by atoms with Crippen LogP contribution in [-0.2, 0) is 6.18 Å². The highest BCUT2D eigenvalue weighted by Gasteiger charge is 2.34. The molecule has 0 spiro atoms. The largest absolute Gasteiger partial charge is 0.457 e. The van der Waals surface area contributed by atoms with Gasteiger partial charge in [-0.05, 0) is 66.2 Å². The van der Waals surface area contributed by atoms with Crippen molar-refractivity contribution < 1.29 is 17.9 Å². The summed E-state index contributed by atoms with van der Waals surface area (Å²) < 4.78 is 45.4. The van der Waals surface area contributed by atoms with Gasteiger partial charge in [-0.25, -0.2) is 0 Å². The zero-order valence-corrected chi connectivity index (χ0v) is 17.5. The fourth-order valence-electron chi connectivity index (χ4n) is 3.63. The fraction of sp³-hybridized carbons (Fsp3) is 0.208. The molecule has 4 rings (SSSR count). The first-order valence-electron chi connectivity index (χ1n) is 9.88. The first-order valence-corrected chi connectivity index (χ1v) is 10.3. The van der Waals surface area contributed by atoms with Gasteiger partial charge in [0.15, 0.2) is 0 Å². The molecule has 31 heavy (non-hydrogen) atoms. The lowest BCUT2D eigenvalue weighted by molar-refractivity contribution is -0.137. The summed E-state index contributed by atoms with van der Waals surface area (Å²) in [5, 5.41) is 0.628. The zero-order chi connectivity index (χ0) is 22.0. The first-order chi connectivity index (χ1) is 14.8. The molecule has 3 aromatic rings. The lowest BCUT2D eigenvalue weighted by Gasteiger charge is -2.29.